The van der Waals surface area contributed by atoms with Crippen LogP contribution in [0, 0.1) is 13.8 Å². The van der Waals surface area contributed by atoms with E-state index in [1.165, 1.54) is 55.3 Å². The third kappa shape index (κ3) is 6.38. The molecule has 1 atom stereocenters. The molecule has 0 fully saturated rings. The minimum absolute atomic E-state index is 0.192. The maximum Gasteiger partial charge on any atom is 0.0184 e. The highest BCUT2D eigenvalue weighted by molar-refractivity contribution is 5.83. The summed E-state index contributed by atoms with van der Waals surface area (Å²) in [6.45, 7) is 20.5. The van der Waals surface area contributed by atoms with E-state index >= 15 is 0 Å². The molecule has 0 heterocycles. The van der Waals surface area contributed by atoms with Gasteiger partial charge in [0.1, 0.15) is 0 Å². The number of benzene rings is 4. The number of aryl methyl sites for hydroxylation is 2. The molecule has 0 bridgehead atoms. The molecule has 0 heteroatoms. The van der Waals surface area contributed by atoms with Crippen molar-refractivity contribution < 1.29 is 0 Å². The van der Waals surface area contributed by atoms with Gasteiger partial charge in [-0.05, 0) is 84.7 Å². The summed E-state index contributed by atoms with van der Waals surface area (Å²) >= 11 is 0. The molecule has 0 radical (unpaired) electrons. The van der Waals surface area contributed by atoms with Crippen LogP contribution in [0.5, 0.6) is 0 Å². The van der Waals surface area contributed by atoms with Crippen molar-refractivity contribution in [2.24, 2.45) is 0 Å². The molecule has 1 aliphatic carbocycles. The summed E-state index contributed by atoms with van der Waals surface area (Å²) in [7, 11) is 0. The number of allylic oxidation sites excluding steroid dienone is 4. The highest BCUT2D eigenvalue weighted by Gasteiger charge is 2.37. The van der Waals surface area contributed by atoms with Crippen LogP contribution >= 0.6 is 0 Å². The second-order valence-corrected chi connectivity index (χ2v) is 10.3. The van der Waals surface area contributed by atoms with Crippen molar-refractivity contribution in [2.45, 2.75) is 59.8 Å². The molecule has 0 aliphatic heterocycles. The van der Waals surface area contributed by atoms with E-state index in [0.717, 1.165) is 12.8 Å². The number of rotatable bonds is 4. The van der Waals surface area contributed by atoms with Crippen LogP contribution in [0.25, 0.3) is 21.9 Å². The lowest BCUT2D eigenvalue weighted by Crippen LogP contribution is -2.18. The molecule has 1 aliphatic rings. The van der Waals surface area contributed by atoms with Gasteiger partial charge in [-0.15, -0.1) is 0 Å². The number of hydrogen-bond donors (Lipinski definition) is 0. The van der Waals surface area contributed by atoms with Crippen molar-refractivity contribution in [3.8, 4) is 11.1 Å². The molecule has 0 saturated heterocycles. The lowest BCUT2D eigenvalue weighted by atomic mass is 9.78. The molecular formula is C37H42. The van der Waals surface area contributed by atoms with E-state index in [9.17, 15) is 0 Å². The first-order chi connectivity index (χ1) is 17.7. The van der Waals surface area contributed by atoms with Crippen molar-refractivity contribution in [3.05, 3.63) is 144 Å². The van der Waals surface area contributed by atoms with Crippen LogP contribution in [-0.4, -0.2) is 0 Å². The van der Waals surface area contributed by atoms with Crippen LogP contribution in [-0.2, 0) is 5.41 Å². The van der Waals surface area contributed by atoms with Gasteiger partial charge < -0.3 is 0 Å². The molecule has 0 nitrogen and oxygen atoms in total. The van der Waals surface area contributed by atoms with Crippen LogP contribution in [0.2, 0.25) is 0 Å². The predicted molar refractivity (Wildman–Crippen MR) is 165 cm³/mol. The fraction of sp³-hybridized carbons (Fsp3) is 0.243. The zero-order valence-electron chi connectivity index (χ0n) is 23.6. The van der Waals surface area contributed by atoms with Crippen molar-refractivity contribution in [2.75, 3.05) is 0 Å². The molecule has 1 unspecified atom stereocenters. The maximum absolute atomic E-state index is 3.80. The summed E-state index contributed by atoms with van der Waals surface area (Å²) in [5, 5.41) is 2.64. The van der Waals surface area contributed by atoms with Gasteiger partial charge in [0.05, 0.1) is 0 Å². The molecule has 0 amide bonds. The Morgan fingerprint density at radius 3 is 2.11 bits per heavy atom. The van der Waals surface area contributed by atoms with E-state index in [0.29, 0.717) is 0 Å². The third-order valence-electron chi connectivity index (χ3n) is 7.41. The highest BCUT2D eigenvalue weighted by Crippen LogP contribution is 2.51. The topological polar surface area (TPSA) is 0 Å². The highest BCUT2D eigenvalue weighted by atomic mass is 14.4. The Morgan fingerprint density at radius 1 is 0.838 bits per heavy atom. The van der Waals surface area contributed by atoms with Crippen molar-refractivity contribution in [1.82, 2.24) is 0 Å². The summed E-state index contributed by atoms with van der Waals surface area (Å²) in [6, 6.07) is 30.5. The Morgan fingerprint density at radius 2 is 1.49 bits per heavy atom. The first-order valence-electron chi connectivity index (χ1n) is 13.3. The molecule has 37 heavy (non-hydrogen) atoms. The summed E-state index contributed by atoms with van der Waals surface area (Å²) in [6.07, 6.45) is 6.04. The Balaban J connectivity index is 0.000000165. The summed E-state index contributed by atoms with van der Waals surface area (Å²) in [5.41, 5.74) is 11.2. The van der Waals surface area contributed by atoms with E-state index in [-0.39, 0.29) is 5.41 Å². The van der Waals surface area contributed by atoms with E-state index in [2.05, 4.69) is 132 Å². The van der Waals surface area contributed by atoms with Gasteiger partial charge in [-0.2, -0.15) is 0 Å². The van der Waals surface area contributed by atoms with Gasteiger partial charge in [0.2, 0.25) is 0 Å². The van der Waals surface area contributed by atoms with Gasteiger partial charge in [0, 0.05) is 5.41 Å². The third-order valence-corrected chi connectivity index (χ3v) is 7.41. The Labute approximate surface area is 225 Å². The summed E-state index contributed by atoms with van der Waals surface area (Å²) in [5.74, 6) is 0. The summed E-state index contributed by atoms with van der Waals surface area (Å²) in [4.78, 5) is 0. The lowest BCUT2D eigenvalue weighted by Gasteiger charge is -2.25. The van der Waals surface area contributed by atoms with Gasteiger partial charge in [0.15, 0.2) is 0 Å². The average Bonchev–Trinajstić information content (AvgIpc) is 3.18. The smallest absolute Gasteiger partial charge is 0.0184 e. The molecular weight excluding hydrogens is 444 g/mol. The Hall–Kier alpha value is -3.64. The SMILES string of the molecule is C=C/C(=C/C)CC(=C)C.CCC1(C)c2ccccc2-c2c(C)cccc21.Cc1ccc2ccccc2c1. The fourth-order valence-corrected chi connectivity index (χ4v) is 5.14. The van der Waals surface area contributed by atoms with E-state index in [1.807, 2.05) is 19.9 Å². The molecule has 0 N–H and O–H groups in total. The van der Waals surface area contributed by atoms with Gasteiger partial charge in [0.25, 0.3) is 0 Å². The van der Waals surface area contributed by atoms with Gasteiger partial charge in [-0.3, -0.25) is 0 Å². The minimum Gasteiger partial charge on any atom is -0.0998 e. The first kappa shape index (κ1) is 27.9. The first-order valence-corrected chi connectivity index (χ1v) is 13.3. The molecule has 4 aromatic rings. The molecule has 0 aromatic heterocycles. The van der Waals surface area contributed by atoms with Crippen LogP contribution in [0.4, 0.5) is 0 Å². The van der Waals surface area contributed by atoms with Crippen molar-refractivity contribution >= 4 is 10.8 Å². The van der Waals surface area contributed by atoms with Crippen molar-refractivity contribution in [1.29, 1.82) is 0 Å². The number of fused-ring (bicyclic) bond motifs is 4. The lowest BCUT2D eigenvalue weighted by molar-refractivity contribution is 0.564. The van der Waals surface area contributed by atoms with Crippen LogP contribution < -0.4 is 0 Å². The quantitative estimate of drug-likeness (QED) is 0.199. The van der Waals surface area contributed by atoms with E-state index < -0.39 is 0 Å². The predicted octanol–water partition coefficient (Wildman–Crippen LogP) is 10.9. The number of hydrogen-bond acceptors (Lipinski definition) is 0. The fourth-order valence-electron chi connectivity index (χ4n) is 5.14. The molecule has 0 saturated carbocycles. The standard InChI is InChI=1S/C17H18.C11H10.C9H14/c1-4-17(3)14-10-6-5-9-13(14)16-12(2)8-7-11-15(16)17;1-9-6-7-10-4-2-3-5-11(10)8-9;1-5-9(6-2)7-8(3)4/h5-11H,4H2,1-3H3;2-8H,1H3;5-6H,1,3,7H2,2,4H3/b;;9-6-. The monoisotopic (exact) mass is 486 g/mol. The Kier molecular flexibility index (Phi) is 9.48. The van der Waals surface area contributed by atoms with E-state index in [1.54, 1.807) is 0 Å². The Bertz CT molecular complexity index is 1420. The zero-order valence-corrected chi connectivity index (χ0v) is 23.6. The van der Waals surface area contributed by atoms with Gasteiger partial charge >= 0.3 is 0 Å². The minimum atomic E-state index is 0.192. The molecule has 0 spiro atoms. The zero-order chi connectivity index (χ0) is 27.0. The molecule has 190 valence electrons. The van der Waals surface area contributed by atoms with Crippen LogP contribution in [0.15, 0.2) is 121 Å². The summed E-state index contributed by atoms with van der Waals surface area (Å²) < 4.78 is 0. The van der Waals surface area contributed by atoms with Crippen molar-refractivity contribution in [3.63, 3.8) is 0 Å². The average molecular weight is 487 g/mol. The second kappa shape index (κ2) is 12.5. The van der Waals surface area contributed by atoms with Crippen LogP contribution in [0.1, 0.15) is 62.8 Å². The van der Waals surface area contributed by atoms with Gasteiger partial charge in [-0.1, -0.05) is 135 Å². The van der Waals surface area contributed by atoms with Crippen LogP contribution in [0.3, 0.4) is 0 Å². The maximum atomic E-state index is 3.80. The molecule has 5 rings (SSSR count). The second-order valence-electron chi connectivity index (χ2n) is 10.3. The normalized spacial score (nSPS) is 15.5. The van der Waals surface area contributed by atoms with E-state index in [4.69, 9.17) is 0 Å². The molecule has 4 aromatic carbocycles. The van der Waals surface area contributed by atoms with Gasteiger partial charge in [-0.25, -0.2) is 0 Å². The largest absolute Gasteiger partial charge is 0.0998 e.